The van der Waals surface area contributed by atoms with Crippen LogP contribution < -0.4 is 5.32 Å². The Morgan fingerprint density at radius 2 is 1.57 bits per heavy atom. The van der Waals surface area contributed by atoms with E-state index in [9.17, 15) is 30.3 Å². The molecule has 3 aliphatic rings. The van der Waals surface area contributed by atoms with Gasteiger partial charge in [-0.15, -0.1) is 0 Å². The summed E-state index contributed by atoms with van der Waals surface area (Å²) in [6, 6.07) is -0.858. The maximum atomic E-state index is 14.1. The van der Waals surface area contributed by atoms with Crippen LogP contribution in [-0.4, -0.2) is 154 Å². The quantitative estimate of drug-likeness (QED) is 0.207. The van der Waals surface area contributed by atoms with Crippen molar-refractivity contribution in [2.45, 2.75) is 185 Å². The summed E-state index contributed by atoms with van der Waals surface area (Å²) in [5.41, 5.74) is -4.37. The van der Waals surface area contributed by atoms with E-state index < -0.39 is 96.0 Å². The molecule has 0 bridgehead atoms. The minimum atomic E-state index is -1.80. The lowest BCUT2D eigenvalue weighted by Crippen LogP contribution is -2.60. The van der Waals surface area contributed by atoms with Gasteiger partial charge in [-0.2, -0.15) is 0 Å². The van der Waals surface area contributed by atoms with Crippen molar-refractivity contribution < 1.29 is 58.7 Å². The molecule has 0 spiro atoms. The fourth-order valence-electron chi connectivity index (χ4n) is 8.36. The van der Waals surface area contributed by atoms with Crippen LogP contribution in [0.5, 0.6) is 0 Å². The number of rotatable bonds is 7. The lowest BCUT2D eigenvalue weighted by molar-refractivity contribution is -0.318. The molecule has 300 valence electrons. The van der Waals surface area contributed by atoms with Crippen LogP contribution in [0.1, 0.15) is 94.9 Å². The SMILES string of the molecule is CC[C@H]1OC(=O)[C@H](C)[C@@H](OC2C[C@@](C)(OC)[C@@H](O)[C@H](C)O2)[C@H](C)[C@@H](O[C@@H]2O[C@H](C)C[C@H](N(C)C)[C@H]2O)[C@](C)(O)C[C@@H](C)CN[C@H](C)[C@@H](O)[C@]1(C)O. The van der Waals surface area contributed by atoms with Crippen molar-refractivity contribution in [2.24, 2.45) is 17.8 Å². The average Bonchev–Trinajstić information content (AvgIpc) is 3.05. The molecule has 0 aliphatic carbocycles. The Hall–Kier alpha value is -1.01. The monoisotopic (exact) mass is 734 g/mol. The Morgan fingerprint density at radius 3 is 2.14 bits per heavy atom. The van der Waals surface area contributed by atoms with Crippen molar-refractivity contribution in [3.05, 3.63) is 0 Å². The van der Waals surface area contributed by atoms with Crippen molar-refractivity contribution in [1.29, 1.82) is 0 Å². The summed E-state index contributed by atoms with van der Waals surface area (Å²) in [6.45, 7) is 17.8. The Morgan fingerprint density at radius 1 is 0.941 bits per heavy atom. The zero-order chi connectivity index (χ0) is 38.8. The summed E-state index contributed by atoms with van der Waals surface area (Å²) in [5, 5.41) is 60.9. The number of ether oxygens (including phenoxy) is 6. The molecule has 3 fully saturated rings. The third-order valence-electron chi connectivity index (χ3n) is 11.7. The van der Waals surface area contributed by atoms with Crippen molar-refractivity contribution >= 4 is 5.97 Å². The van der Waals surface area contributed by atoms with Crippen molar-refractivity contribution in [2.75, 3.05) is 27.7 Å². The van der Waals surface area contributed by atoms with Gasteiger partial charge < -0.3 is 64.2 Å². The molecule has 51 heavy (non-hydrogen) atoms. The van der Waals surface area contributed by atoms with Gasteiger partial charge in [0.15, 0.2) is 12.6 Å². The van der Waals surface area contributed by atoms with E-state index in [0.29, 0.717) is 13.0 Å². The van der Waals surface area contributed by atoms with Gasteiger partial charge >= 0.3 is 5.97 Å². The Labute approximate surface area is 305 Å². The van der Waals surface area contributed by atoms with Crippen LogP contribution in [0, 0.1) is 17.8 Å². The zero-order valence-corrected chi connectivity index (χ0v) is 33.2. The summed E-state index contributed by atoms with van der Waals surface area (Å²) >= 11 is 0. The summed E-state index contributed by atoms with van der Waals surface area (Å²) in [6.07, 6.45) is -8.22. The number of cyclic esters (lactones) is 1. The number of esters is 1. The van der Waals surface area contributed by atoms with Gasteiger partial charge in [-0.25, -0.2) is 0 Å². The van der Waals surface area contributed by atoms with Gasteiger partial charge in [-0.05, 0) is 94.3 Å². The number of carbonyl (C=O) groups excluding carboxylic acids is 1. The highest BCUT2D eigenvalue weighted by molar-refractivity contribution is 5.73. The molecule has 14 heteroatoms. The van der Waals surface area contributed by atoms with Gasteiger partial charge in [0.05, 0.1) is 41.5 Å². The number of aliphatic hydroxyl groups is 5. The second kappa shape index (κ2) is 17.6. The summed E-state index contributed by atoms with van der Waals surface area (Å²) < 4.78 is 37.4. The standard InChI is InChI=1S/C37H70N2O12/c1-14-26-37(10,45)30(41)23(6)38-18-19(2)16-35(8,44)32(51-34-28(40)25(39(11)12)15-20(3)47-34)21(4)29(22(5)33(43)49-26)50-27-17-36(9,46-13)31(42)24(7)48-27/h19-32,34,38,40-42,44-45H,14-18H2,1-13H3/t19-,20-,21+,22-,23-,24+,25+,26-,27?,28-,29+,30-,31+,32-,34+,35-,36-,37-/m1/s1. The van der Waals surface area contributed by atoms with Crippen LogP contribution in [0.2, 0.25) is 0 Å². The van der Waals surface area contributed by atoms with Gasteiger partial charge in [0, 0.05) is 31.5 Å². The Kier molecular flexibility index (Phi) is 15.3. The lowest BCUT2D eigenvalue weighted by atomic mass is 9.77. The molecule has 3 rings (SSSR count). The average molecular weight is 735 g/mol. The molecule has 6 N–H and O–H groups in total. The van der Waals surface area contributed by atoms with Crippen molar-refractivity contribution in [3.8, 4) is 0 Å². The van der Waals surface area contributed by atoms with E-state index in [1.165, 1.54) is 14.0 Å². The highest BCUT2D eigenvalue weighted by Gasteiger charge is 2.52. The number of aliphatic hydroxyl groups excluding tert-OH is 3. The van der Waals surface area contributed by atoms with Crippen LogP contribution in [0.3, 0.4) is 0 Å². The molecular formula is C37H70N2O12. The van der Waals surface area contributed by atoms with Gasteiger partial charge in [-0.1, -0.05) is 20.8 Å². The van der Waals surface area contributed by atoms with E-state index in [4.69, 9.17) is 28.4 Å². The first-order chi connectivity index (χ1) is 23.5. The number of carbonyl (C=O) groups is 1. The third-order valence-corrected chi connectivity index (χ3v) is 11.7. The number of nitrogens with one attached hydrogen (secondary N) is 1. The van der Waals surface area contributed by atoms with Gasteiger partial charge in [0.1, 0.15) is 30.0 Å². The minimum absolute atomic E-state index is 0.132. The normalized spacial score (nSPS) is 49.9. The fraction of sp³-hybridized carbons (Fsp3) is 0.973. The highest BCUT2D eigenvalue weighted by atomic mass is 16.7. The third kappa shape index (κ3) is 10.2. The first kappa shape index (κ1) is 44.4. The molecule has 0 aromatic heterocycles. The van der Waals surface area contributed by atoms with Crippen LogP contribution in [-0.2, 0) is 33.2 Å². The molecule has 14 nitrogen and oxygen atoms in total. The summed E-state index contributed by atoms with van der Waals surface area (Å²) in [4.78, 5) is 16.1. The molecule has 0 aromatic rings. The first-order valence-electron chi connectivity index (χ1n) is 18.8. The van der Waals surface area contributed by atoms with E-state index in [1.807, 2.05) is 39.8 Å². The molecule has 0 radical (unpaired) electrons. The van der Waals surface area contributed by atoms with E-state index in [-0.39, 0.29) is 37.3 Å². The first-order valence-corrected chi connectivity index (χ1v) is 18.8. The largest absolute Gasteiger partial charge is 0.459 e. The second-order valence-corrected chi connectivity index (χ2v) is 16.7. The predicted molar refractivity (Wildman–Crippen MR) is 190 cm³/mol. The highest BCUT2D eigenvalue weighted by Crippen LogP contribution is 2.40. The number of hydrogen-bond donors (Lipinski definition) is 6. The molecular weight excluding hydrogens is 664 g/mol. The predicted octanol–water partition coefficient (Wildman–Crippen LogP) is 1.56. The number of nitrogens with zero attached hydrogens (tertiary/aromatic N) is 1. The van der Waals surface area contributed by atoms with Crippen LogP contribution in [0.4, 0.5) is 0 Å². The van der Waals surface area contributed by atoms with E-state index in [0.717, 1.165) is 0 Å². The van der Waals surface area contributed by atoms with E-state index >= 15 is 0 Å². The summed E-state index contributed by atoms with van der Waals surface area (Å²) in [5.74, 6) is -2.60. The topological polar surface area (TPSA) is 189 Å². The minimum Gasteiger partial charge on any atom is -0.459 e. The number of likely N-dealkylation sites (N-methyl/N-ethyl adjacent to an activating group) is 1. The van der Waals surface area contributed by atoms with Crippen LogP contribution in [0.25, 0.3) is 0 Å². The number of methoxy groups -OCH3 is 1. The number of hydrogen-bond acceptors (Lipinski definition) is 14. The van der Waals surface area contributed by atoms with E-state index in [2.05, 4.69) is 5.32 Å². The van der Waals surface area contributed by atoms with Crippen molar-refractivity contribution in [1.82, 2.24) is 10.2 Å². The molecule has 18 atom stereocenters. The molecule has 3 heterocycles. The van der Waals surface area contributed by atoms with Gasteiger partial charge in [0.25, 0.3) is 0 Å². The molecule has 0 amide bonds. The summed E-state index contributed by atoms with van der Waals surface area (Å²) in [7, 11) is 5.27. The smallest absolute Gasteiger partial charge is 0.311 e. The van der Waals surface area contributed by atoms with Crippen LogP contribution in [0.15, 0.2) is 0 Å². The fourth-order valence-corrected chi connectivity index (χ4v) is 8.36. The molecule has 0 saturated carbocycles. The molecule has 1 unspecified atom stereocenters. The maximum Gasteiger partial charge on any atom is 0.311 e. The molecule has 3 saturated heterocycles. The lowest BCUT2D eigenvalue weighted by Gasteiger charge is -2.48. The Balaban J connectivity index is 2.15. The van der Waals surface area contributed by atoms with Crippen LogP contribution >= 0.6 is 0 Å². The second-order valence-electron chi connectivity index (χ2n) is 16.7. The maximum absolute atomic E-state index is 14.1. The van der Waals surface area contributed by atoms with Gasteiger partial charge in [0.2, 0.25) is 0 Å². The van der Waals surface area contributed by atoms with Gasteiger partial charge in [-0.3, -0.25) is 4.79 Å². The molecule has 0 aromatic carbocycles. The zero-order valence-electron chi connectivity index (χ0n) is 33.2. The van der Waals surface area contributed by atoms with Crippen molar-refractivity contribution in [3.63, 3.8) is 0 Å². The molecule has 3 aliphatic heterocycles. The Bertz CT molecular complexity index is 1110. The van der Waals surface area contributed by atoms with E-state index in [1.54, 1.807) is 41.5 Å².